The van der Waals surface area contributed by atoms with Crippen molar-refractivity contribution in [3.05, 3.63) is 52.3 Å². The monoisotopic (exact) mass is 312 g/mol. The van der Waals surface area contributed by atoms with Gasteiger partial charge in [-0.15, -0.1) is 0 Å². The molecule has 2 amide bonds. The highest BCUT2D eigenvalue weighted by atomic mass is 16.2. The van der Waals surface area contributed by atoms with E-state index in [4.69, 9.17) is 5.73 Å². The summed E-state index contributed by atoms with van der Waals surface area (Å²) >= 11 is 0. The van der Waals surface area contributed by atoms with Crippen molar-refractivity contribution in [1.82, 2.24) is 9.99 Å². The highest BCUT2D eigenvalue weighted by molar-refractivity contribution is 6.34. The molecular formula is C17H20N4O2. The first-order valence-corrected chi connectivity index (χ1v) is 7.20. The summed E-state index contributed by atoms with van der Waals surface area (Å²) in [7, 11) is 0. The lowest BCUT2D eigenvalue weighted by Crippen LogP contribution is -2.32. The van der Waals surface area contributed by atoms with Gasteiger partial charge in [-0.3, -0.25) is 9.59 Å². The van der Waals surface area contributed by atoms with Gasteiger partial charge in [0.2, 0.25) is 0 Å². The number of hydrogen-bond acceptors (Lipinski definition) is 3. The average Bonchev–Trinajstić information content (AvgIpc) is 2.76. The average molecular weight is 312 g/mol. The molecule has 0 saturated carbocycles. The number of benzene rings is 1. The van der Waals surface area contributed by atoms with Crippen molar-refractivity contribution in [1.29, 1.82) is 0 Å². The van der Waals surface area contributed by atoms with E-state index >= 15 is 0 Å². The zero-order valence-corrected chi connectivity index (χ0v) is 13.7. The van der Waals surface area contributed by atoms with E-state index < -0.39 is 11.8 Å². The first kappa shape index (κ1) is 16.5. The fourth-order valence-corrected chi connectivity index (χ4v) is 2.46. The predicted molar refractivity (Wildman–Crippen MR) is 89.6 cm³/mol. The molecule has 3 N–H and O–H groups in total. The molecule has 0 radical (unpaired) electrons. The van der Waals surface area contributed by atoms with Gasteiger partial charge in [0.1, 0.15) is 0 Å². The van der Waals surface area contributed by atoms with Gasteiger partial charge in [0, 0.05) is 22.6 Å². The summed E-state index contributed by atoms with van der Waals surface area (Å²) in [6.45, 7) is 8.10. The minimum atomic E-state index is -1.07. The Balaban J connectivity index is 2.37. The molecule has 1 heterocycles. The highest BCUT2D eigenvalue weighted by Crippen LogP contribution is 2.23. The van der Waals surface area contributed by atoms with Crippen molar-refractivity contribution in [2.24, 2.45) is 10.8 Å². The molecule has 2 rings (SSSR count). The number of primary amides is 1. The van der Waals surface area contributed by atoms with E-state index in [1.54, 1.807) is 0 Å². The summed E-state index contributed by atoms with van der Waals surface area (Å²) in [5, 5.41) is 3.77. The molecule has 1 aromatic carbocycles. The van der Waals surface area contributed by atoms with Gasteiger partial charge in [-0.2, -0.15) is 5.10 Å². The number of carbonyl (C=O) groups excluding carboxylic acids is 2. The number of hydrogen-bond donors (Lipinski definition) is 2. The van der Waals surface area contributed by atoms with Gasteiger partial charge in [-0.1, -0.05) is 12.1 Å². The largest absolute Gasteiger partial charge is 0.361 e. The van der Waals surface area contributed by atoms with E-state index in [1.165, 1.54) is 17.3 Å². The van der Waals surface area contributed by atoms with E-state index in [0.29, 0.717) is 0 Å². The van der Waals surface area contributed by atoms with Gasteiger partial charge in [0.15, 0.2) is 0 Å². The SMILES string of the molecule is Cc1ccc(C)c(-n2c(C)cc(/C=N\NC(=O)C(N)=O)c2C)c1. The van der Waals surface area contributed by atoms with Crippen LogP contribution in [0.5, 0.6) is 0 Å². The van der Waals surface area contributed by atoms with Gasteiger partial charge in [0.05, 0.1) is 6.21 Å². The molecule has 0 fully saturated rings. The van der Waals surface area contributed by atoms with Crippen LogP contribution < -0.4 is 11.2 Å². The molecule has 0 spiro atoms. The number of rotatable bonds is 3. The van der Waals surface area contributed by atoms with Crippen LogP contribution in [0.25, 0.3) is 5.69 Å². The summed E-state index contributed by atoms with van der Waals surface area (Å²) in [6.07, 6.45) is 1.50. The second-order valence-electron chi connectivity index (χ2n) is 5.52. The summed E-state index contributed by atoms with van der Waals surface area (Å²) in [5.41, 5.74) is 13.3. The Kier molecular flexibility index (Phi) is 4.64. The summed E-state index contributed by atoms with van der Waals surface area (Å²) in [5.74, 6) is -2.01. The van der Waals surface area contributed by atoms with Gasteiger partial charge >= 0.3 is 11.8 Å². The maximum atomic E-state index is 11.1. The van der Waals surface area contributed by atoms with Crippen LogP contribution in [0.4, 0.5) is 0 Å². The zero-order valence-electron chi connectivity index (χ0n) is 13.7. The number of aryl methyl sites for hydroxylation is 3. The van der Waals surface area contributed by atoms with Crippen molar-refractivity contribution in [3.8, 4) is 5.69 Å². The van der Waals surface area contributed by atoms with Gasteiger partial charge in [-0.25, -0.2) is 5.43 Å². The van der Waals surface area contributed by atoms with Crippen molar-refractivity contribution in [2.75, 3.05) is 0 Å². The van der Waals surface area contributed by atoms with Crippen LogP contribution in [0.2, 0.25) is 0 Å². The molecule has 0 aliphatic carbocycles. The molecule has 1 aromatic heterocycles. The minimum Gasteiger partial charge on any atom is -0.361 e. The second-order valence-corrected chi connectivity index (χ2v) is 5.52. The first-order valence-electron chi connectivity index (χ1n) is 7.20. The normalized spacial score (nSPS) is 11.0. The Labute approximate surface area is 135 Å². The number of aromatic nitrogens is 1. The lowest BCUT2D eigenvalue weighted by Gasteiger charge is -2.13. The molecule has 120 valence electrons. The van der Waals surface area contributed by atoms with Crippen molar-refractivity contribution in [3.63, 3.8) is 0 Å². The third-order valence-electron chi connectivity index (χ3n) is 3.67. The summed E-state index contributed by atoms with van der Waals surface area (Å²) in [4.78, 5) is 21.7. The van der Waals surface area contributed by atoms with Crippen LogP contribution in [-0.4, -0.2) is 22.6 Å². The van der Waals surface area contributed by atoms with Gasteiger partial charge in [-0.05, 0) is 51.0 Å². The molecule has 0 aliphatic rings. The Morgan fingerprint density at radius 2 is 1.87 bits per heavy atom. The number of nitrogens with zero attached hydrogens (tertiary/aromatic N) is 2. The molecule has 0 unspecified atom stereocenters. The number of nitrogens with two attached hydrogens (primary N) is 1. The first-order chi connectivity index (χ1) is 10.8. The minimum absolute atomic E-state index is 0.855. The Hall–Kier alpha value is -2.89. The van der Waals surface area contributed by atoms with Crippen molar-refractivity contribution in [2.45, 2.75) is 27.7 Å². The second kappa shape index (κ2) is 6.48. The molecular weight excluding hydrogens is 292 g/mol. The zero-order chi connectivity index (χ0) is 17.1. The maximum absolute atomic E-state index is 11.1. The quantitative estimate of drug-likeness (QED) is 0.512. The number of carbonyl (C=O) groups is 2. The van der Waals surface area contributed by atoms with E-state index in [0.717, 1.165) is 22.6 Å². The van der Waals surface area contributed by atoms with Crippen molar-refractivity contribution < 1.29 is 9.59 Å². The van der Waals surface area contributed by atoms with Crippen LogP contribution in [0.1, 0.15) is 28.1 Å². The van der Waals surface area contributed by atoms with Crippen LogP contribution in [0.15, 0.2) is 29.4 Å². The molecule has 6 heteroatoms. The lowest BCUT2D eigenvalue weighted by molar-refractivity contribution is -0.137. The molecule has 0 saturated heterocycles. The van der Waals surface area contributed by atoms with Crippen LogP contribution in [0.3, 0.4) is 0 Å². The van der Waals surface area contributed by atoms with Gasteiger partial charge in [0.25, 0.3) is 0 Å². The van der Waals surface area contributed by atoms with Crippen LogP contribution >= 0.6 is 0 Å². The smallest absolute Gasteiger partial charge is 0.329 e. The third-order valence-corrected chi connectivity index (χ3v) is 3.67. The molecule has 0 atom stereocenters. The highest BCUT2D eigenvalue weighted by Gasteiger charge is 2.12. The maximum Gasteiger partial charge on any atom is 0.329 e. The Bertz CT molecular complexity index is 803. The van der Waals surface area contributed by atoms with Crippen LogP contribution in [-0.2, 0) is 9.59 Å². The van der Waals surface area contributed by atoms with E-state index in [9.17, 15) is 9.59 Å². The van der Waals surface area contributed by atoms with Crippen LogP contribution in [0, 0.1) is 27.7 Å². The third kappa shape index (κ3) is 3.48. The summed E-state index contributed by atoms with van der Waals surface area (Å²) in [6, 6.07) is 8.27. The topological polar surface area (TPSA) is 89.5 Å². The molecule has 6 nitrogen and oxygen atoms in total. The molecule has 23 heavy (non-hydrogen) atoms. The standard InChI is InChI=1S/C17H20N4O2/c1-10-5-6-11(2)15(7-10)21-12(3)8-14(13(21)4)9-19-20-17(23)16(18)22/h5-9H,1-4H3,(H2,18,22)(H,20,23)/b19-9-. The molecule has 0 aliphatic heterocycles. The van der Waals surface area contributed by atoms with E-state index in [1.807, 2.05) is 19.9 Å². The number of amides is 2. The Morgan fingerprint density at radius 1 is 1.17 bits per heavy atom. The van der Waals surface area contributed by atoms with Crippen molar-refractivity contribution >= 4 is 18.0 Å². The van der Waals surface area contributed by atoms with E-state index in [-0.39, 0.29) is 0 Å². The summed E-state index contributed by atoms with van der Waals surface area (Å²) < 4.78 is 2.14. The molecule has 0 bridgehead atoms. The fourth-order valence-electron chi connectivity index (χ4n) is 2.46. The fraction of sp³-hybridized carbons (Fsp3) is 0.235. The molecule has 2 aromatic rings. The number of nitrogens with one attached hydrogen (secondary N) is 1. The Morgan fingerprint density at radius 3 is 2.52 bits per heavy atom. The lowest BCUT2D eigenvalue weighted by atomic mass is 10.1. The van der Waals surface area contributed by atoms with E-state index in [2.05, 4.69) is 47.1 Å². The van der Waals surface area contributed by atoms with Gasteiger partial charge < -0.3 is 10.3 Å². The predicted octanol–water partition coefficient (Wildman–Crippen LogP) is 1.65. The number of hydrazone groups is 1.